The number of carboxylic acid groups (broad SMARTS) is 1. The largest absolute Gasteiger partial charge is 0.490 e. The summed E-state index contributed by atoms with van der Waals surface area (Å²) in [4.78, 5) is 33.6. The molecule has 1 fully saturated rings. The maximum absolute atomic E-state index is 14.8. The number of aromatic nitrogens is 2. The molecule has 2 N–H and O–H groups in total. The lowest BCUT2D eigenvalue weighted by atomic mass is 10.1. The Hall–Kier alpha value is -3.53. The van der Waals surface area contributed by atoms with Gasteiger partial charge in [0.25, 0.3) is 0 Å². The summed E-state index contributed by atoms with van der Waals surface area (Å²) in [6.07, 6.45) is -0.532. The van der Waals surface area contributed by atoms with Crippen LogP contribution in [0.15, 0.2) is 29.4 Å². The Morgan fingerprint density at radius 3 is 2.26 bits per heavy atom. The second-order valence-electron chi connectivity index (χ2n) is 11.0. The smallest absolute Gasteiger partial charge is 0.475 e. The molecule has 1 amide bonds. The van der Waals surface area contributed by atoms with Gasteiger partial charge in [0.15, 0.2) is 9.84 Å². The van der Waals surface area contributed by atoms with Crippen LogP contribution >= 0.6 is 0 Å². The highest BCUT2D eigenvalue weighted by Crippen LogP contribution is 2.38. The fourth-order valence-electron chi connectivity index (χ4n) is 4.45. The number of benzene rings is 1. The molecule has 42 heavy (non-hydrogen) atoms. The predicted molar refractivity (Wildman–Crippen MR) is 144 cm³/mol. The molecule has 0 aliphatic carbocycles. The van der Waals surface area contributed by atoms with Crippen LogP contribution in [-0.2, 0) is 25.8 Å². The summed E-state index contributed by atoms with van der Waals surface area (Å²) in [6.45, 7) is 8.24. The Morgan fingerprint density at radius 1 is 1.12 bits per heavy atom. The molecular weight excluding hydrogens is 586 g/mol. The fraction of sp³-hybridized carbons (Fsp3) is 0.538. The normalized spacial score (nSPS) is 16.3. The van der Waals surface area contributed by atoms with Crippen LogP contribution in [0, 0.1) is 5.82 Å². The van der Waals surface area contributed by atoms with Crippen molar-refractivity contribution in [2.24, 2.45) is 0 Å². The fourth-order valence-corrected chi connectivity index (χ4v) is 5.08. The lowest BCUT2D eigenvalue weighted by Gasteiger charge is -2.32. The molecule has 0 saturated carbocycles. The number of halogens is 4. The van der Waals surface area contributed by atoms with E-state index in [4.69, 9.17) is 14.6 Å². The summed E-state index contributed by atoms with van der Waals surface area (Å²) < 4.78 is 76.2. The van der Waals surface area contributed by atoms with Gasteiger partial charge in [-0.2, -0.15) is 13.2 Å². The molecule has 0 atom stereocenters. The summed E-state index contributed by atoms with van der Waals surface area (Å²) in [5, 5.41) is 10.1. The molecule has 3 heterocycles. The summed E-state index contributed by atoms with van der Waals surface area (Å²) in [7, 11) is -3.50. The molecule has 2 aromatic rings. The van der Waals surface area contributed by atoms with Crippen LogP contribution in [0.25, 0.3) is 0 Å². The first-order valence-electron chi connectivity index (χ1n) is 13.0. The number of carbonyl (C=O) groups is 2. The van der Waals surface area contributed by atoms with Crippen LogP contribution in [0.1, 0.15) is 39.2 Å². The van der Waals surface area contributed by atoms with Crippen molar-refractivity contribution in [3.8, 4) is 5.88 Å². The summed E-state index contributed by atoms with van der Waals surface area (Å²) in [5.41, 5.74) is 0.826. The van der Waals surface area contributed by atoms with E-state index in [1.807, 2.05) is 20.8 Å². The van der Waals surface area contributed by atoms with E-state index in [0.29, 0.717) is 31.2 Å². The Bertz CT molecular complexity index is 1410. The monoisotopic (exact) mass is 619 g/mol. The van der Waals surface area contributed by atoms with Gasteiger partial charge in [0, 0.05) is 31.4 Å². The number of ether oxygens (including phenoxy) is 1. The van der Waals surface area contributed by atoms with Crippen LogP contribution in [0.4, 0.5) is 29.1 Å². The molecule has 232 valence electrons. The average molecular weight is 620 g/mol. The van der Waals surface area contributed by atoms with Gasteiger partial charge in [0.2, 0.25) is 11.8 Å². The standard InChI is InChI=1S/C24H32FN5O4S.C2HF3O2/c1-24(2,3)28-21(31)14-29-10-7-16(8-11-29)34-23-18-9-12-30(22(18)26-15-27-23)20-6-5-17(13-19(20)25)35(4,32)33;3-2(4,5)1(6)7/h5-6,13,15-16H,7-12,14H2,1-4H3,(H,28,31);(H,6,7). The highest BCUT2D eigenvalue weighted by molar-refractivity contribution is 7.90. The molecule has 2 aliphatic heterocycles. The van der Waals surface area contributed by atoms with Crippen LogP contribution in [0.2, 0.25) is 0 Å². The highest BCUT2D eigenvalue weighted by atomic mass is 32.2. The molecule has 4 rings (SSSR count). The van der Waals surface area contributed by atoms with E-state index >= 15 is 0 Å². The molecule has 1 aromatic carbocycles. The zero-order valence-electron chi connectivity index (χ0n) is 23.5. The molecule has 11 nitrogen and oxygen atoms in total. The Morgan fingerprint density at radius 2 is 1.74 bits per heavy atom. The Kier molecular flexibility index (Phi) is 10.0. The van der Waals surface area contributed by atoms with Gasteiger partial charge in [-0.05, 0) is 58.2 Å². The zero-order valence-corrected chi connectivity index (χ0v) is 24.4. The SMILES string of the molecule is CC(C)(C)NC(=O)CN1CCC(Oc2ncnc3c2CCN3c2ccc(S(C)(=O)=O)cc2F)CC1.O=C(O)C(F)(F)F. The molecule has 0 unspecified atom stereocenters. The second-order valence-corrected chi connectivity index (χ2v) is 13.0. The van der Waals surface area contributed by atoms with Gasteiger partial charge in [-0.3, -0.25) is 9.69 Å². The average Bonchev–Trinajstić information content (AvgIpc) is 3.28. The van der Waals surface area contributed by atoms with E-state index in [2.05, 4.69) is 20.2 Å². The zero-order chi connectivity index (χ0) is 31.5. The molecule has 1 saturated heterocycles. The van der Waals surface area contributed by atoms with E-state index < -0.39 is 27.8 Å². The Balaban J connectivity index is 0.000000616. The van der Waals surface area contributed by atoms with Gasteiger partial charge in [-0.25, -0.2) is 27.6 Å². The first kappa shape index (κ1) is 33.0. The molecule has 0 radical (unpaired) electrons. The van der Waals surface area contributed by atoms with E-state index in [1.54, 1.807) is 4.90 Å². The molecule has 0 spiro atoms. The number of likely N-dealkylation sites (tertiary alicyclic amines) is 1. The topological polar surface area (TPSA) is 142 Å². The molecule has 0 bridgehead atoms. The number of nitrogens with zero attached hydrogens (tertiary/aromatic N) is 4. The van der Waals surface area contributed by atoms with Gasteiger partial charge in [0.1, 0.15) is 24.1 Å². The Labute approximate surface area is 240 Å². The van der Waals surface area contributed by atoms with Crippen molar-refractivity contribution in [2.45, 2.75) is 62.7 Å². The number of piperidine rings is 1. The van der Waals surface area contributed by atoms with E-state index in [9.17, 15) is 30.8 Å². The number of hydrogen-bond donors (Lipinski definition) is 2. The quantitative estimate of drug-likeness (QED) is 0.464. The van der Waals surface area contributed by atoms with E-state index in [1.165, 1.54) is 18.5 Å². The van der Waals surface area contributed by atoms with Crippen molar-refractivity contribution in [3.63, 3.8) is 0 Å². The summed E-state index contributed by atoms with van der Waals surface area (Å²) >= 11 is 0. The minimum Gasteiger partial charge on any atom is -0.475 e. The van der Waals surface area contributed by atoms with Crippen molar-refractivity contribution in [1.29, 1.82) is 0 Å². The number of sulfone groups is 1. The third-order valence-electron chi connectivity index (χ3n) is 6.30. The third kappa shape index (κ3) is 8.98. The van der Waals surface area contributed by atoms with Crippen LogP contribution < -0.4 is 15.0 Å². The maximum atomic E-state index is 14.8. The molecule has 1 aromatic heterocycles. The number of carboxylic acids is 1. The highest BCUT2D eigenvalue weighted by Gasteiger charge is 2.38. The van der Waals surface area contributed by atoms with Crippen molar-refractivity contribution in [1.82, 2.24) is 20.2 Å². The van der Waals surface area contributed by atoms with Crippen LogP contribution in [0.3, 0.4) is 0 Å². The number of nitrogens with one attached hydrogen (secondary N) is 1. The van der Waals surface area contributed by atoms with Gasteiger partial charge < -0.3 is 20.1 Å². The maximum Gasteiger partial charge on any atom is 0.490 e. The van der Waals surface area contributed by atoms with Crippen molar-refractivity contribution >= 4 is 33.2 Å². The van der Waals surface area contributed by atoms with Gasteiger partial charge in [0.05, 0.1) is 22.7 Å². The van der Waals surface area contributed by atoms with Gasteiger partial charge >= 0.3 is 12.1 Å². The van der Waals surface area contributed by atoms with Crippen LogP contribution in [0.5, 0.6) is 5.88 Å². The summed E-state index contributed by atoms with van der Waals surface area (Å²) in [5.74, 6) is -2.30. The van der Waals surface area contributed by atoms with E-state index in [0.717, 1.165) is 43.8 Å². The lowest BCUT2D eigenvalue weighted by Crippen LogP contribution is -2.48. The number of amides is 1. The number of anilines is 2. The number of rotatable bonds is 6. The first-order chi connectivity index (χ1) is 19.3. The molecule has 16 heteroatoms. The molecular formula is C26H33F4N5O6S. The van der Waals surface area contributed by atoms with Gasteiger partial charge in [-0.1, -0.05) is 0 Å². The second kappa shape index (κ2) is 12.8. The first-order valence-corrected chi connectivity index (χ1v) is 14.9. The van der Waals surface area contributed by atoms with Crippen LogP contribution in [-0.4, -0.2) is 90.5 Å². The number of carbonyl (C=O) groups excluding carboxylic acids is 1. The minimum atomic E-state index is -5.08. The molecule has 2 aliphatic rings. The third-order valence-corrected chi connectivity index (χ3v) is 7.41. The number of alkyl halides is 3. The van der Waals surface area contributed by atoms with Gasteiger partial charge in [-0.15, -0.1) is 0 Å². The number of aliphatic carboxylic acids is 1. The predicted octanol–water partition coefficient (Wildman–Crippen LogP) is 3.10. The van der Waals surface area contributed by atoms with Crippen molar-refractivity contribution in [3.05, 3.63) is 35.9 Å². The minimum absolute atomic E-state index is 0.0161. The van der Waals surface area contributed by atoms with Crippen molar-refractivity contribution < 1.29 is 45.4 Å². The lowest BCUT2D eigenvalue weighted by molar-refractivity contribution is -0.192. The number of fused-ring (bicyclic) bond motifs is 1. The summed E-state index contributed by atoms with van der Waals surface area (Å²) in [6, 6.07) is 3.91. The number of hydrogen-bond acceptors (Lipinski definition) is 9. The van der Waals surface area contributed by atoms with E-state index in [-0.39, 0.29) is 28.1 Å². The van der Waals surface area contributed by atoms with Crippen molar-refractivity contribution in [2.75, 3.05) is 37.3 Å².